The highest BCUT2D eigenvalue weighted by atomic mass is 16.3. The van der Waals surface area contributed by atoms with Gasteiger partial charge in [0.05, 0.1) is 5.60 Å². The second-order valence-electron chi connectivity index (χ2n) is 5.53. The number of hydrazine groups is 1. The van der Waals surface area contributed by atoms with Gasteiger partial charge >= 0.3 is 0 Å². The van der Waals surface area contributed by atoms with E-state index in [1.807, 2.05) is 19.0 Å². The van der Waals surface area contributed by atoms with E-state index in [2.05, 4.69) is 27.6 Å². The van der Waals surface area contributed by atoms with E-state index in [0.717, 1.165) is 18.4 Å². The van der Waals surface area contributed by atoms with Crippen LogP contribution in [0.3, 0.4) is 0 Å². The van der Waals surface area contributed by atoms with E-state index in [1.54, 1.807) is 6.92 Å². The molecule has 1 heterocycles. The Hall–Kier alpha value is -1.44. The molecule has 1 unspecified atom stereocenters. The van der Waals surface area contributed by atoms with Crippen LogP contribution in [-0.2, 0) is 6.42 Å². The molecule has 0 spiro atoms. The quantitative estimate of drug-likeness (QED) is 0.405. The molecule has 0 saturated heterocycles. The fourth-order valence-electron chi connectivity index (χ4n) is 2.19. The highest BCUT2D eigenvalue weighted by molar-refractivity contribution is 5.57. The van der Waals surface area contributed by atoms with Gasteiger partial charge in [-0.05, 0) is 27.4 Å². The van der Waals surface area contributed by atoms with Crippen LogP contribution in [-0.4, -0.2) is 52.8 Å². The van der Waals surface area contributed by atoms with Gasteiger partial charge in [0.2, 0.25) is 0 Å². The van der Waals surface area contributed by atoms with Crippen molar-refractivity contribution in [3.63, 3.8) is 0 Å². The molecule has 1 atom stereocenters. The zero-order chi connectivity index (χ0) is 15.2. The Morgan fingerprint density at radius 1 is 1.35 bits per heavy atom. The molecule has 0 aliphatic heterocycles. The standard InChI is InChI=1S/C13H26N6O/c1-5-6-10-11(16-9-17-12(10)18-14)15-7-13(2,20)8-19(3)4/h9,20H,5-8,14H2,1-4H3,(H2,15,16,17,18). The van der Waals surface area contributed by atoms with E-state index in [-0.39, 0.29) is 0 Å². The lowest BCUT2D eigenvalue weighted by Gasteiger charge is -2.27. The molecule has 0 bridgehead atoms. The van der Waals surface area contributed by atoms with Crippen molar-refractivity contribution in [2.75, 3.05) is 37.9 Å². The summed E-state index contributed by atoms with van der Waals surface area (Å²) in [6, 6.07) is 0. The molecule has 0 saturated carbocycles. The Kier molecular flexibility index (Phi) is 6.12. The molecule has 114 valence electrons. The van der Waals surface area contributed by atoms with E-state index in [9.17, 15) is 5.11 Å². The van der Waals surface area contributed by atoms with E-state index in [0.29, 0.717) is 24.7 Å². The maximum absolute atomic E-state index is 10.3. The minimum Gasteiger partial charge on any atom is -0.387 e. The van der Waals surface area contributed by atoms with Crippen molar-refractivity contribution in [1.29, 1.82) is 0 Å². The average Bonchev–Trinajstić information content (AvgIpc) is 2.36. The first kappa shape index (κ1) is 16.6. The van der Waals surface area contributed by atoms with Gasteiger partial charge in [-0.2, -0.15) is 0 Å². The van der Waals surface area contributed by atoms with Crippen LogP contribution in [0.5, 0.6) is 0 Å². The van der Waals surface area contributed by atoms with Gasteiger partial charge in [0.15, 0.2) is 0 Å². The lowest BCUT2D eigenvalue weighted by atomic mass is 10.1. The topological polar surface area (TPSA) is 99.3 Å². The van der Waals surface area contributed by atoms with Crippen LogP contribution in [0.25, 0.3) is 0 Å². The predicted octanol–water partition coefficient (Wildman–Crippen LogP) is 0.439. The molecule has 0 aliphatic rings. The van der Waals surface area contributed by atoms with Crippen molar-refractivity contribution in [3.05, 3.63) is 11.9 Å². The first-order valence-corrected chi connectivity index (χ1v) is 6.81. The number of likely N-dealkylation sites (N-methyl/N-ethyl adjacent to an activating group) is 1. The summed E-state index contributed by atoms with van der Waals surface area (Å²) in [6.07, 6.45) is 3.24. The van der Waals surface area contributed by atoms with Crippen molar-refractivity contribution < 1.29 is 5.11 Å². The van der Waals surface area contributed by atoms with Gasteiger partial charge in [-0.1, -0.05) is 13.3 Å². The third-order valence-corrected chi connectivity index (χ3v) is 2.88. The molecule has 5 N–H and O–H groups in total. The van der Waals surface area contributed by atoms with Gasteiger partial charge in [0, 0.05) is 18.7 Å². The molecule has 0 aromatic carbocycles. The number of anilines is 2. The molecule has 0 fully saturated rings. The summed E-state index contributed by atoms with van der Waals surface area (Å²) in [5.41, 5.74) is 2.69. The van der Waals surface area contributed by atoms with E-state index < -0.39 is 5.60 Å². The van der Waals surface area contributed by atoms with Crippen LogP contribution in [0.4, 0.5) is 11.6 Å². The molecule has 0 aliphatic carbocycles. The SMILES string of the molecule is CCCc1c(NN)ncnc1NCC(C)(O)CN(C)C. The summed E-state index contributed by atoms with van der Waals surface area (Å²) in [4.78, 5) is 10.3. The second kappa shape index (κ2) is 7.37. The molecular formula is C13H26N6O. The number of nitrogens with zero attached hydrogens (tertiary/aromatic N) is 3. The third-order valence-electron chi connectivity index (χ3n) is 2.88. The Labute approximate surface area is 120 Å². The van der Waals surface area contributed by atoms with Gasteiger partial charge in [-0.15, -0.1) is 0 Å². The van der Waals surface area contributed by atoms with E-state index >= 15 is 0 Å². The first-order chi connectivity index (χ1) is 9.39. The molecule has 1 aromatic heterocycles. The fourth-order valence-corrected chi connectivity index (χ4v) is 2.19. The number of nitrogen functional groups attached to an aromatic ring is 1. The summed E-state index contributed by atoms with van der Waals surface area (Å²) >= 11 is 0. The van der Waals surface area contributed by atoms with Crippen LogP contribution in [0.2, 0.25) is 0 Å². The monoisotopic (exact) mass is 282 g/mol. The van der Waals surface area contributed by atoms with Crippen molar-refractivity contribution in [2.45, 2.75) is 32.3 Å². The molecule has 7 nitrogen and oxygen atoms in total. The van der Waals surface area contributed by atoms with Crippen molar-refractivity contribution in [3.8, 4) is 0 Å². The molecule has 0 radical (unpaired) electrons. The van der Waals surface area contributed by atoms with Crippen LogP contribution in [0.15, 0.2) is 6.33 Å². The average molecular weight is 282 g/mol. The normalized spacial score (nSPS) is 14.2. The van der Waals surface area contributed by atoms with Crippen LogP contribution < -0.4 is 16.6 Å². The first-order valence-electron chi connectivity index (χ1n) is 6.81. The molecule has 20 heavy (non-hydrogen) atoms. The maximum Gasteiger partial charge on any atom is 0.148 e. The summed E-state index contributed by atoms with van der Waals surface area (Å²) < 4.78 is 0. The number of rotatable bonds is 8. The summed E-state index contributed by atoms with van der Waals surface area (Å²) in [7, 11) is 3.86. The van der Waals surface area contributed by atoms with Gasteiger partial charge in [-0.3, -0.25) is 0 Å². The molecular weight excluding hydrogens is 256 g/mol. The summed E-state index contributed by atoms with van der Waals surface area (Å²) in [6.45, 7) is 4.85. The molecule has 0 amide bonds. The van der Waals surface area contributed by atoms with Crippen molar-refractivity contribution in [1.82, 2.24) is 14.9 Å². The van der Waals surface area contributed by atoms with E-state index in [1.165, 1.54) is 6.33 Å². The lowest BCUT2D eigenvalue weighted by molar-refractivity contribution is 0.0459. The largest absolute Gasteiger partial charge is 0.387 e. The second-order valence-corrected chi connectivity index (χ2v) is 5.53. The van der Waals surface area contributed by atoms with Crippen LogP contribution in [0.1, 0.15) is 25.8 Å². The van der Waals surface area contributed by atoms with Gasteiger partial charge in [0.25, 0.3) is 0 Å². The van der Waals surface area contributed by atoms with E-state index in [4.69, 9.17) is 5.84 Å². The number of aliphatic hydroxyl groups is 1. The maximum atomic E-state index is 10.3. The highest BCUT2D eigenvalue weighted by Gasteiger charge is 2.22. The van der Waals surface area contributed by atoms with Crippen LogP contribution in [0, 0.1) is 0 Å². The number of nitrogens with two attached hydrogens (primary N) is 1. The molecule has 1 aromatic rings. The Morgan fingerprint density at radius 3 is 2.55 bits per heavy atom. The predicted molar refractivity (Wildman–Crippen MR) is 81.5 cm³/mol. The summed E-state index contributed by atoms with van der Waals surface area (Å²) in [5, 5.41) is 13.5. The zero-order valence-electron chi connectivity index (χ0n) is 12.8. The number of hydrogen-bond donors (Lipinski definition) is 4. The zero-order valence-corrected chi connectivity index (χ0v) is 12.8. The minimum absolute atomic E-state index is 0.406. The number of hydrogen-bond acceptors (Lipinski definition) is 7. The molecule has 1 rings (SSSR count). The van der Waals surface area contributed by atoms with Gasteiger partial charge < -0.3 is 20.7 Å². The number of nitrogens with one attached hydrogen (secondary N) is 2. The van der Waals surface area contributed by atoms with Crippen molar-refractivity contribution in [2.24, 2.45) is 5.84 Å². The number of aromatic nitrogens is 2. The Balaban J connectivity index is 2.81. The fraction of sp³-hybridized carbons (Fsp3) is 0.692. The van der Waals surface area contributed by atoms with Crippen LogP contribution >= 0.6 is 0 Å². The molecule has 7 heteroatoms. The van der Waals surface area contributed by atoms with Crippen molar-refractivity contribution >= 4 is 11.6 Å². The smallest absolute Gasteiger partial charge is 0.148 e. The third kappa shape index (κ3) is 4.92. The van der Waals surface area contributed by atoms with Gasteiger partial charge in [0.1, 0.15) is 18.0 Å². The Bertz CT molecular complexity index is 421. The lowest BCUT2D eigenvalue weighted by Crippen LogP contribution is -2.43. The van der Waals surface area contributed by atoms with Gasteiger partial charge in [-0.25, -0.2) is 15.8 Å². The summed E-state index contributed by atoms with van der Waals surface area (Å²) in [5.74, 6) is 6.81. The Morgan fingerprint density at radius 2 is 2.00 bits per heavy atom. The highest BCUT2D eigenvalue weighted by Crippen LogP contribution is 2.21. The minimum atomic E-state index is -0.839.